The third-order valence-corrected chi connectivity index (χ3v) is 4.79. The highest BCUT2D eigenvalue weighted by molar-refractivity contribution is 14.1. The quantitative estimate of drug-likeness (QED) is 0.548. The van der Waals surface area contributed by atoms with E-state index in [1.807, 2.05) is 0 Å². The smallest absolute Gasteiger partial charge is 0.146 e. The second-order valence-corrected chi connectivity index (χ2v) is 4.11. The third-order valence-electron chi connectivity index (χ3n) is 1.55. The molecule has 1 rings (SSSR count). The Balaban J connectivity index is 2.44. The summed E-state index contributed by atoms with van der Waals surface area (Å²) >= 11 is 4.79. The molecule has 0 aromatic rings. The molecule has 0 saturated carbocycles. The highest BCUT2D eigenvalue weighted by atomic mass is 127. The first-order chi connectivity index (χ1) is 4.83. The Morgan fingerprint density at radius 3 is 1.90 bits per heavy atom. The molecular formula is C6H10I2O2. The van der Waals surface area contributed by atoms with Crippen molar-refractivity contribution in [2.24, 2.45) is 5.41 Å². The molecule has 60 valence electrons. The van der Waals surface area contributed by atoms with Crippen LogP contribution in [0.25, 0.3) is 0 Å². The van der Waals surface area contributed by atoms with Gasteiger partial charge in [0.1, 0.15) is 6.79 Å². The molecule has 10 heavy (non-hydrogen) atoms. The summed E-state index contributed by atoms with van der Waals surface area (Å²) < 4.78 is 12.7. The molecule has 0 aliphatic carbocycles. The first-order valence-electron chi connectivity index (χ1n) is 3.10. The topological polar surface area (TPSA) is 18.5 Å². The van der Waals surface area contributed by atoms with Crippen LogP contribution in [0.2, 0.25) is 0 Å². The van der Waals surface area contributed by atoms with Gasteiger partial charge in [0.2, 0.25) is 0 Å². The fraction of sp³-hybridized carbons (Fsp3) is 1.00. The SMILES string of the molecule is ICC1(CI)COCOC1. The maximum absolute atomic E-state index is 5.24. The van der Waals surface area contributed by atoms with Crippen molar-refractivity contribution in [2.75, 3.05) is 28.9 Å². The second-order valence-electron chi connectivity index (χ2n) is 2.58. The minimum absolute atomic E-state index is 0.291. The zero-order valence-corrected chi connectivity index (χ0v) is 9.92. The number of hydrogen-bond acceptors (Lipinski definition) is 2. The molecule has 0 N–H and O–H groups in total. The van der Waals surface area contributed by atoms with E-state index in [4.69, 9.17) is 9.47 Å². The summed E-state index contributed by atoms with van der Waals surface area (Å²) in [5.74, 6) is 0. The Morgan fingerprint density at radius 1 is 1.10 bits per heavy atom. The van der Waals surface area contributed by atoms with Gasteiger partial charge in [-0.3, -0.25) is 0 Å². The van der Waals surface area contributed by atoms with Crippen molar-refractivity contribution in [1.29, 1.82) is 0 Å². The predicted molar refractivity (Wildman–Crippen MR) is 57.0 cm³/mol. The van der Waals surface area contributed by atoms with Crippen LogP contribution in [-0.4, -0.2) is 28.9 Å². The van der Waals surface area contributed by atoms with Gasteiger partial charge in [-0.2, -0.15) is 0 Å². The van der Waals surface area contributed by atoms with Crippen LogP contribution in [0.1, 0.15) is 0 Å². The molecule has 1 saturated heterocycles. The molecule has 1 aliphatic heterocycles. The first-order valence-corrected chi connectivity index (χ1v) is 6.15. The lowest BCUT2D eigenvalue weighted by molar-refractivity contribution is -0.148. The van der Waals surface area contributed by atoms with E-state index < -0.39 is 0 Å². The number of hydrogen-bond donors (Lipinski definition) is 0. The van der Waals surface area contributed by atoms with E-state index in [9.17, 15) is 0 Å². The number of halogens is 2. The monoisotopic (exact) mass is 368 g/mol. The van der Waals surface area contributed by atoms with Crippen molar-refractivity contribution in [3.05, 3.63) is 0 Å². The van der Waals surface area contributed by atoms with Gasteiger partial charge in [-0.15, -0.1) is 0 Å². The van der Waals surface area contributed by atoms with Crippen LogP contribution in [-0.2, 0) is 9.47 Å². The zero-order chi connectivity index (χ0) is 7.45. The molecule has 1 heterocycles. The molecule has 0 unspecified atom stereocenters. The van der Waals surface area contributed by atoms with Crippen LogP contribution in [0.5, 0.6) is 0 Å². The molecule has 0 spiro atoms. The van der Waals surface area contributed by atoms with Crippen molar-refractivity contribution >= 4 is 45.2 Å². The van der Waals surface area contributed by atoms with Gasteiger partial charge in [0.05, 0.1) is 13.2 Å². The molecule has 0 radical (unpaired) electrons. The zero-order valence-electron chi connectivity index (χ0n) is 5.61. The van der Waals surface area contributed by atoms with Crippen molar-refractivity contribution in [3.8, 4) is 0 Å². The number of rotatable bonds is 2. The molecule has 4 heteroatoms. The lowest BCUT2D eigenvalue weighted by atomic mass is 9.96. The van der Waals surface area contributed by atoms with Gasteiger partial charge in [0.15, 0.2) is 0 Å². The van der Waals surface area contributed by atoms with E-state index in [0.29, 0.717) is 12.2 Å². The molecule has 1 fully saturated rings. The average Bonchev–Trinajstić information content (AvgIpc) is 2.06. The predicted octanol–water partition coefficient (Wildman–Crippen LogP) is 1.85. The Hall–Kier alpha value is 1.38. The summed E-state index contributed by atoms with van der Waals surface area (Å²) in [5, 5.41) is 0. The van der Waals surface area contributed by atoms with Crippen molar-refractivity contribution in [1.82, 2.24) is 0 Å². The normalized spacial score (nSPS) is 24.6. The van der Waals surface area contributed by atoms with Gasteiger partial charge in [0.25, 0.3) is 0 Å². The lowest BCUT2D eigenvalue weighted by Gasteiger charge is -2.33. The maximum atomic E-state index is 5.24. The Labute approximate surface area is 88.3 Å². The van der Waals surface area contributed by atoms with E-state index in [2.05, 4.69) is 45.2 Å². The number of alkyl halides is 2. The Morgan fingerprint density at radius 2 is 1.60 bits per heavy atom. The highest BCUT2D eigenvalue weighted by Gasteiger charge is 2.31. The molecule has 0 bridgehead atoms. The highest BCUT2D eigenvalue weighted by Crippen LogP contribution is 2.27. The summed E-state index contributed by atoms with van der Waals surface area (Å²) in [5.41, 5.74) is 0.291. The minimum atomic E-state index is 0.291. The van der Waals surface area contributed by atoms with Crippen LogP contribution in [0, 0.1) is 5.41 Å². The number of ether oxygens (including phenoxy) is 2. The van der Waals surface area contributed by atoms with E-state index in [1.165, 1.54) is 0 Å². The van der Waals surface area contributed by atoms with Gasteiger partial charge >= 0.3 is 0 Å². The van der Waals surface area contributed by atoms with Gasteiger partial charge in [-0.1, -0.05) is 45.2 Å². The summed E-state index contributed by atoms with van der Waals surface area (Å²) in [6, 6.07) is 0. The Kier molecular flexibility index (Phi) is 4.18. The van der Waals surface area contributed by atoms with Gasteiger partial charge in [-0.05, 0) is 0 Å². The maximum Gasteiger partial charge on any atom is 0.146 e. The van der Waals surface area contributed by atoms with Crippen LogP contribution in [0.4, 0.5) is 0 Å². The van der Waals surface area contributed by atoms with E-state index in [0.717, 1.165) is 22.1 Å². The summed E-state index contributed by atoms with van der Waals surface area (Å²) in [6.07, 6.45) is 0. The van der Waals surface area contributed by atoms with E-state index in [-0.39, 0.29) is 0 Å². The molecule has 2 nitrogen and oxygen atoms in total. The van der Waals surface area contributed by atoms with Gasteiger partial charge in [0, 0.05) is 14.3 Å². The molecule has 0 aromatic heterocycles. The lowest BCUT2D eigenvalue weighted by Crippen LogP contribution is -2.40. The summed E-state index contributed by atoms with van der Waals surface area (Å²) in [4.78, 5) is 0. The molecule has 1 aliphatic rings. The Bertz CT molecular complexity index is 95.9. The molecule has 0 aromatic carbocycles. The minimum Gasteiger partial charge on any atom is -0.355 e. The summed E-state index contributed by atoms with van der Waals surface area (Å²) in [7, 11) is 0. The largest absolute Gasteiger partial charge is 0.355 e. The van der Waals surface area contributed by atoms with E-state index >= 15 is 0 Å². The standard InChI is InChI=1S/C6H10I2O2/c7-1-6(2-8)3-9-5-10-4-6/h1-5H2. The van der Waals surface area contributed by atoms with E-state index in [1.54, 1.807) is 0 Å². The first kappa shape index (κ1) is 9.47. The van der Waals surface area contributed by atoms with Crippen molar-refractivity contribution in [2.45, 2.75) is 0 Å². The summed E-state index contributed by atoms with van der Waals surface area (Å²) in [6.45, 7) is 2.20. The van der Waals surface area contributed by atoms with Crippen molar-refractivity contribution < 1.29 is 9.47 Å². The van der Waals surface area contributed by atoms with Gasteiger partial charge < -0.3 is 9.47 Å². The molecule has 0 atom stereocenters. The fourth-order valence-electron chi connectivity index (χ4n) is 0.807. The van der Waals surface area contributed by atoms with Crippen molar-refractivity contribution in [3.63, 3.8) is 0 Å². The second kappa shape index (κ2) is 4.42. The third kappa shape index (κ3) is 2.18. The van der Waals surface area contributed by atoms with Crippen LogP contribution in [0.3, 0.4) is 0 Å². The van der Waals surface area contributed by atoms with Crippen LogP contribution >= 0.6 is 45.2 Å². The molecule has 0 amide bonds. The molecular weight excluding hydrogens is 358 g/mol. The van der Waals surface area contributed by atoms with Gasteiger partial charge in [-0.25, -0.2) is 0 Å². The average molecular weight is 368 g/mol. The van der Waals surface area contributed by atoms with Crippen LogP contribution < -0.4 is 0 Å². The fourth-order valence-corrected chi connectivity index (χ4v) is 3.26. The van der Waals surface area contributed by atoms with Crippen LogP contribution in [0.15, 0.2) is 0 Å².